The lowest BCUT2D eigenvalue weighted by atomic mass is 10.1. The molecular weight excluding hydrogens is 317 g/mol. The second-order valence-electron chi connectivity index (χ2n) is 6.51. The molecule has 0 aromatic heterocycles. The molecule has 4 nitrogen and oxygen atoms in total. The van der Waals surface area contributed by atoms with Gasteiger partial charge in [-0.3, -0.25) is 0 Å². The van der Waals surface area contributed by atoms with E-state index in [0.29, 0.717) is 19.5 Å². The minimum atomic E-state index is -0.244. The van der Waals surface area contributed by atoms with E-state index in [9.17, 15) is 9.18 Å². The summed E-state index contributed by atoms with van der Waals surface area (Å²) in [6.07, 6.45) is 0.698. The number of hydrogen-bond acceptors (Lipinski definition) is 2. The minimum Gasteiger partial charge on any atom is -0.334 e. The van der Waals surface area contributed by atoms with Crippen molar-refractivity contribution in [2.24, 2.45) is 0 Å². The molecule has 25 heavy (non-hydrogen) atoms. The van der Waals surface area contributed by atoms with Crippen LogP contribution >= 0.6 is 0 Å². The van der Waals surface area contributed by atoms with Gasteiger partial charge >= 0.3 is 6.03 Å². The van der Waals surface area contributed by atoms with Gasteiger partial charge in [-0.15, -0.1) is 0 Å². The summed E-state index contributed by atoms with van der Waals surface area (Å²) in [7, 11) is 5.84. The van der Waals surface area contributed by atoms with Crippen LogP contribution in [0.15, 0.2) is 48.5 Å². The van der Waals surface area contributed by atoms with Crippen LogP contribution in [0.4, 0.5) is 9.18 Å². The van der Waals surface area contributed by atoms with Crippen molar-refractivity contribution < 1.29 is 9.18 Å². The lowest BCUT2D eigenvalue weighted by molar-refractivity contribution is 0.209. The molecule has 0 spiro atoms. The Hall–Kier alpha value is -2.40. The number of amides is 2. The van der Waals surface area contributed by atoms with Crippen molar-refractivity contribution in [3.63, 3.8) is 0 Å². The lowest BCUT2D eigenvalue weighted by Crippen LogP contribution is -2.37. The summed E-state index contributed by atoms with van der Waals surface area (Å²) in [6, 6.07) is 14.5. The first kappa shape index (κ1) is 18.9. The Balaban J connectivity index is 1.76. The normalized spacial score (nSPS) is 10.8. The van der Waals surface area contributed by atoms with Crippen LogP contribution in [0.25, 0.3) is 0 Å². The molecule has 0 fully saturated rings. The number of halogens is 1. The van der Waals surface area contributed by atoms with Gasteiger partial charge in [-0.2, -0.15) is 0 Å². The Morgan fingerprint density at radius 2 is 1.48 bits per heavy atom. The van der Waals surface area contributed by atoms with Crippen LogP contribution < -0.4 is 5.32 Å². The third kappa shape index (κ3) is 6.55. The van der Waals surface area contributed by atoms with Gasteiger partial charge in [0.1, 0.15) is 5.82 Å². The highest BCUT2D eigenvalue weighted by Crippen LogP contribution is 2.07. The molecule has 2 aromatic carbocycles. The van der Waals surface area contributed by atoms with Gasteiger partial charge in [0.05, 0.1) is 0 Å². The molecule has 1 N–H and O–H groups in total. The Morgan fingerprint density at radius 3 is 2.08 bits per heavy atom. The zero-order valence-electron chi connectivity index (χ0n) is 15.1. The van der Waals surface area contributed by atoms with E-state index in [2.05, 4.69) is 22.3 Å². The van der Waals surface area contributed by atoms with Crippen LogP contribution in [0.3, 0.4) is 0 Å². The minimum absolute atomic E-state index is 0.112. The monoisotopic (exact) mass is 343 g/mol. The highest BCUT2D eigenvalue weighted by molar-refractivity contribution is 5.73. The first-order valence-electron chi connectivity index (χ1n) is 8.40. The predicted octanol–water partition coefficient (Wildman–Crippen LogP) is 3.27. The summed E-state index contributed by atoms with van der Waals surface area (Å²) in [4.78, 5) is 15.9. The number of nitrogens with zero attached hydrogens (tertiary/aromatic N) is 2. The van der Waals surface area contributed by atoms with Gasteiger partial charge in [-0.25, -0.2) is 9.18 Å². The van der Waals surface area contributed by atoms with Crippen LogP contribution in [0.5, 0.6) is 0 Å². The lowest BCUT2D eigenvalue weighted by Gasteiger charge is -2.18. The molecule has 2 amide bonds. The molecule has 0 unspecified atom stereocenters. The Kier molecular flexibility index (Phi) is 6.95. The molecule has 0 aliphatic carbocycles. The SMILES string of the molecule is CN(C)Cc1ccc(CNC(=O)N(C)CCc2ccc(F)cc2)cc1. The topological polar surface area (TPSA) is 35.6 Å². The molecule has 0 aliphatic rings. The van der Waals surface area contributed by atoms with Crippen molar-refractivity contribution in [3.8, 4) is 0 Å². The van der Waals surface area contributed by atoms with E-state index in [1.54, 1.807) is 24.1 Å². The van der Waals surface area contributed by atoms with E-state index in [4.69, 9.17) is 0 Å². The fourth-order valence-electron chi connectivity index (χ4n) is 2.49. The molecular formula is C20H26FN3O. The average Bonchev–Trinajstić information content (AvgIpc) is 2.59. The predicted molar refractivity (Wildman–Crippen MR) is 98.8 cm³/mol. The second-order valence-corrected chi connectivity index (χ2v) is 6.51. The molecule has 2 rings (SSSR count). The van der Waals surface area contributed by atoms with Gasteiger partial charge in [0.15, 0.2) is 0 Å². The average molecular weight is 343 g/mol. The fraction of sp³-hybridized carbons (Fsp3) is 0.350. The van der Waals surface area contributed by atoms with Gasteiger partial charge in [-0.05, 0) is 49.3 Å². The fourth-order valence-corrected chi connectivity index (χ4v) is 2.49. The first-order valence-corrected chi connectivity index (χ1v) is 8.40. The van der Waals surface area contributed by atoms with Crippen LogP contribution in [0, 0.1) is 5.82 Å². The van der Waals surface area contributed by atoms with Gasteiger partial charge in [0.2, 0.25) is 0 Å². The second kappa shape index (κ2) is 9.18. The van der Waals surface area contributed by atoms with Crippen molar-refractivity contribution in [1.82, 2.24) is 15.1 Å². The number of likely N-dealkylation sites (N-methyl/N-ethyl adjacent to an activating group) is 1. The van der Waals surface area contributed by atoms with Crippen molar-refractivity contribution in [1.29, 1.82) is 0 Å². The number of carbonyl (C=O) groups excluding carboxylic acids is 1. The van der Waals surface area contributed by atoms with Crippen LogP contribution in [0.1, 0.15) is 16.7 Å². The molecule has 5 heteroatoms. The van der Waals surface area contributed by atoms with E-state index < -0.39 is 0 Å². The summed E-state index contributed by atoms with van der Waals surface area (Å²) in [5.74, 6) is -0.244. The maximum atomic E-state index is 12.9. The largest absolute Gasteiger partial charge is 0.334 e. The molecule has 0 bridgehead atoms. The van der Waals surface area contributed by atoms with Gasteiger partial charge in [-0.1, -0.05) is 36.4 Å². The number of rotatable bonds is 7. The summed E-state index contributed by atoms with van der Waals surface area (Å²) in [5.41, 5.74) is 3.33. The third-order valence-corrected chi connectivity index (χ3v) is 3.96. The van der Waals surface area contributed by atoms with Gasteiger partial charge < -0.3 is 15.1 Å². The molecule has 0 atom stereocenters. The van der Waals surface area contributed by atoms with E-state index in [1.165, 1.54) is 17.7 Å². The number of benzene rings is 2. The molecule has 0 radical (unpaired) electrons. The number of carbonyl (C=O) groups is 1. The van der Waals surface area contributed by atoms with Gasteiger partial charge in [0.25, 0.3) is 0 Å². The van der Waals surface area contributed by atoms with E-state index in [1.807, 2.05) is 26.2 Å². The molecule has 2 aromatic rings. The Morgan fingerprint density at radius 1 is 0.920 bits per heavy atom. The number of nitrogens with one attached hydrogen (secondary N) is 1. The van der Waals surface area contributed by atoms with Gasteiger partial charge in [0, 0.05) is 26.7 Å². The van der Waals surface area contributed by atoms with E-state index in [-0.39, 0.29) is 11.8 Å². The first-order chi connectivity index (χ1) is 11.9. The van der Waals surface area contributed by atoms with Crippen molar-refractivity contribution >= 4 is 6.03 Å². The summed E-state index contributed by atoms with van der Waals surface area (Å²) in [5, 5.41) is 2.92. The zero-order valence-corrected chi connectivity index (χ0v) is 15.1. The van der Waals surface area contributed by atoms with E-state index in [0.717, 1.165) is 17.7 Å². The maximum absolute atomic E-state index is 12.9. The van der Waals surface area contributed by atoms with Crippen molar-refractivity contribution in [3.05, 3.63) is 71.0 Å². The Bertz CT molecular complexity index is 668. The smallest absolute Gasteiger partial charge is 0.317 e. The third-order valence-electron chi connectivity index (χ3n) is 3.96. The summed E-state index contributed by atoms with van der Waals surface area (Å²) < 4.78 is 12.9. The highest BCUT2D eigenvalue weighted by atomic mass is 19.1. The maximum Gasteiger partial charge on any atom is 0.317 e. The summed E-state index contributed by atoms with van der Waals surface area (Å²) >= 11 is 0. The standard InChI is InChI=1S/C20H26FN3O/c1-23(2)15-18-6-4-17(5-7-18)14-22-20(25)24(3)13-12-16-8-10-19(21)11-9-16/h4-11H,12-15H2,1-3H3,(H,22,25). The highest BCUT2D eigenvalue weighted by Gasteiger charge is 2.08. The van der Waals surface area contributed by atoms with Crippen LogP contribution in [-0.2, 0) is 19.5 Å². The molecule has 0 aliphatic heterocycles. The molecule has 134 valence electrons. The number of hydrogen-bond donors (Lipinski definition) is 1. The summed E-state index contributed by atoms with van der Waals surface area (Å²) in [6.45, 7) is 1.99. The van der Waals surface area contributed by atoms with Crippen LogP contribution in [-0.4, -0.2) is 43.5 Å². The van der Waals surface area contributed by atoms with Crippen molar-refractivity contribution in [2.45, 2.75) is 19.5 Å². The zero-order chi connectivity index (χ0) is 18.2. The van der Waals surface area contributed by atoms with Crippen LogP contribution in [0.2, 0.25) is 0 Å². The molecule has 0 saturated heterocycles. The Labute approximate surface area is 149 Å². The van der Waals surface area contributed by atoms with E-state index >= 15 is 0 Å². The molecule has 0 heterocycles. The quantitative estimate of drug-likeness (QED) is 0.837. The van der Waals surface area contributed by atoms with Crippen molar-refractivity contribution in [2.75, 3.05) is 27.7 Å². The molecule has 0 saturated carbocycles. The number of urea groups is 1.